The van der Waals surface area contributed by atoms with E-state index in [1.807, 2.05) is 4.90 Å². The fourth-order valence-electron chi connectivity index (χ4n) is 3.29. The number of β-amino-alcohol motifs (C(OH)–C–C–N with tert-alkyl or cyclic N) is 1. The van der Waals surface area contributed by atoms with E-state index >= 15 is 0 Å². The second-order valence-corrected chi connectivity index (χ2v) is 6.28. The number of aliphatic hydroxyl groups excluding tert-OH is 1. The van der Waals surface area contributed by atoms with Gasteiger partial charge in [-0.3, -0.25) is 4.79 Å². The zero-order valence-electron chi connectivity index (χ0n) is 14.6. The number of ether oxygens (including phenoxy) is 1. The molecular formula is C18H22FN3O4. The molecule has 0 spiro atoms. The summed E-state index contributed by atoms with van der Waals surface area (Å²) in [5.41, 5.74) is 1.13. The van der Waals surface area contributed by atoms with Crippen molar-refractivity contribution in [3.8, 4) is 0 Å². The van der Waals surface area contributed by atoms with E-state index in [4.69, 9.17) is 9.84 Å². The minimum absolute atomic E-state index is 0.0444. The van der Waals surface area contributed by atoms with Crippen LogP contribution >= 0.6 is 0 Å². The van der Waals surface area contributed by atoms with Crippen LogP contribution in [0.3, 0.4) is 0 Å². The third-order valence-corrected chi connectivity index (χ3v) is 4.62. The summed E-state index contributed by atoms with van der Waals surface area (Å²) < 4.78 is 19.2. The summed E-state index contributed by atoms with van der Waals surface area (Å²) in [5, 5.41) is 11.9. The molecule has 0 atom stereocenters. The lowest BCUT2D eigenvalue weighted by Gasteiger charge is -2.19. The molecule has 2 heterocycles. The van der Waals surface area contributed by atoms with Gasteiger partial charge in [-0.05, 0) is 31.0 Å². The van der Waals surface area contributed by atoms with Crippen molar-refractivity contribution in [2.24, 2.45) is 0 Å². The monoisotopic (exact) mass is 363 g/mol. The third kappa shape index (κ3) is 3.50. The summed E-state index contributed by atoms with van der Waals surface area (Å²) in [6.07, 6.45) is 2.09. The van der Waals surface area contributed by atoms with Gasteiger partial charge in [-0.15, -0.1) is 0 Å². The summed E-state index contributed by atoms with van der Waals surface area (Å²) >= 11 is 0. The molecule has 2 N–H and O–H groups in total. The van der Waals surface area contributed by atoms with Gasteiger partial charge in [-0.1, -0.05) is 0 Å². The second kappa shape index (κ2) is 7.74. The number of hydrogen-bond donors (Lipinski definition) is 2. The van der Waals surface area contributed by atoms with Crippen molar-refractivity contribution in [1.82, 2.24) is 4.90 Å². The van der Waals surface area contributed by atoms with E-state index in [9.17, 15) is 14.0 Å². The Labute approximate surface area is 151 Å². The van der Waals surface area contributed by atoms with Crippen LogP contribution in [-0.2, 0) is 14.3 Å². The Morgan fingerprint density at radius 2 is 2.08 bits per heavy atom. The number of halogens is 1. The molecular weight excluding hydrogens is 341 g/mol. The van der Waals surface area contributed by atoms with Gasteiger partial charge in [0.2, 0.25) is 0 Å². The standard InChI is InChI=1S/C18H22FN3O4/c1-26-18(25)13-11-22(8-9-23)17(24)16(13)20-12-4-5-15(14(19)10-12)21-6-2-3-7-21/h4-5,10,20,23H,2-3,6-9,11H2,1H3. The lowest BCUT2D eigenvalue weighted by atomic mass is 10.2. The molecule has 0 bridgehead atoms. The Morgan fingerprint density at radius 3 is 2.69 bits per heavy atom. The Kier molecular flexibility index (Phi) is 5.41. The zero-order chi connectivity index (χ0) is 18.7. The molecule has 1 saturated heterocycles. The highest BCUT2D eigenvalue weighted by molar-refractivity contribution is 6.08. The first-order valence-electron chi connectivity index (χ1n) is 8.58. The predicted octanol–water partition coefficient (Wildman–Crippen LogP) is 1.10. The molecule has 7 nitrogen and oxygen atoms in total. The van der Waals surface area contributed by atoms with Crippen molar-refractivity contribution in [3.05, 3.63) is 35.3 Å². The highest BCUT2D eigenvalue weighted by atomic mass is 19.1. The van der Waals surface area contributed by atoms with Gasteiger partial charge in [0.25, 0.3) is 5.91 Å². The third-order valence-electron chi connectivity index (χ3n) is 4.62. The molecule has 140 valence electrons. The van der Waals surface area contributed by atoms with E-state index in [0.717, 1.165) is 25.9 Å². The van der Waals surface area contributed by atoms with Gasteiger partial charge in [0, 0.05) is 25.3 Å². The van der Waals surface area contributed by atoms with Gasteiger partial charge in [-0.25, -0.2) is 9.18 Å². The number of carbonyl (C=O) groups is 2. The highest BCUT2D eigenvalue weighted by Gasteiger charge is 2.34. The smallest absolute Gasteiger partial charge is 0.337 e. The highest BCUT2D eigenvalue weighted by Crippen LogP contribution is 2.28. The molecule has 1 fully saturated rings. The van der Waals surface area contributed by atoms with E-state index in [0.29, 0.717) is 11.4 Å². The Balaban J connectivity index is 1.84. The number of nitrogens with zero attached hydrogens (tertiary/aromatic N) is 2. The summed E-state index contributed by atoms with van der Waals surface area (Å²) in [4.78, 5) is 27.8. The molecule has 0 aromatic heterocycles. The van der Waals surface area contributed by atoms with Crippen LogP contribution in [0.25, 0.3) is 0 Å². The van der Waals surface area contributed by atoms with Gasteiger partial charge in [0.05, 0.1) is 31.5 Å². The summed E-state index contributed by atoms with van der Waals surface area (Å²) in [5.74, 6) is -1.44. The zero-order valence-corrected chi connectivity index (χ0v) is 14.6. The van der Waals surface area contributed by atoms with Crippen molar-refractivity contribution in [3.63, 3.8) is 0 Å². The topological polar surface area (TPSA) is 82.1 Å². The van der Waals surface area contributed by atoms with Crippen LogP contribution in [0, 0.1) is 5.82 Å². The normalized spacial score (nSPS) is 17.3. The average molecular weight is 363 g/mol. The summed E-state index contributed by atoms with van der Waals surface area (Å²) in [7, 11) is 1.23. The molecule has 1 amide bonds. The van der Waals surface area contributed by atoms with Crippen LogP contribution in [0.5, 0.6) is 0 Å². The van der Waals surface area contributed by atoms with E-state index in [1.54, 1.807) is 12.1 Å². The van der Waals surface area contributed by atoms with Crippen molar-refractivity contribution in [1.29, 1.82) is 0 Å². The van der Waals surface area contributed by atoms with Gasteiger partial charge < -0.3 is 25.0 Å². The van der Waals surface area contributed by atoms with Crippen LogP contribution in [-0.4, -0.2) is 61.8 Å². The minimum Gasteiger partial charge on any atom is -0.466 e. The van der Waals surface area contributed by atoms with Crippen molar-refractivity contribution < 1.29 is 23.8 Å². The van der Waals surface area contributed by atoms with E-state index in [1.165, 1.54) is 18.1 Å². The molecule has 2 aliphatic rings. The number of nitrogens with one attached hydrogen (secondary N) is 1. The predicted molar refractivity (Wildman–Crippen MR) is 94.2 cm³/mol. The van der Waals surface area contributed by atoms with Crippen LogP contribution in [0.4, 0.5) is 15.8 Å². The number of esters is 1. The van der Waals surface area contributed by atoms with Gasteiger partial charge in [0.1, 0.15) is 11.5 Å². The number of amides is 1. The molecule has 0 saturated carbocycles. The maximum absolute atomic E-state index is 14.5. The van der Waals surface area contributed by atoms with Crippen molar-refractivity contribution >= 4 is 23.3 Å². The van der Waals surface area contributed by atoms with E-state index in [-0.39, 0.29) is 36.8 Å². The molecule has 3 rings (SSSR count). The fraction of sp³-hybridized carbons (Fsp3) is 0.444. The largest absolute Gasteiger partial charge is 0.466 e. The molecule has 2 aliphatic heterocycles. The Morgan fingerprint density at radius 1 is 1.35 bits per heavy atom. The molecule has 1 aromatic carbocycles. The van der Waals surface area contributed by atoms with Gasteiger partial charge in [-0.2, -0.15) is 0 Å². The first-order valence-corrected chi connectivity index (χ1v) is 8.58. The number of methoxy groups -OCH3 is 1. The summed E-state index contributed by atoms with van der Waals surface area (Å²) in [6, 6.07) is 4.67. The molecule has 0 unspecified atom stereocenters. The van der Waals surface area contributed by atoms with E-state index < -0.39 is 11.9 Å². The molecule has 0 aliphatic carbocycles. The lowest BCUT2D eigenvalue weighted by molar-refractivity contribution is -0.136. The first-order chi connectivity index (χ1) is 12.5. The Hall–Kier alpha value is -2.61. The molecule has 26 heavy (non-hydrogen) atoms. The summed E-state index contributed by atoms with van der Waals surface area (Å²) in [6.45, 7) is 1.59. The van der Waals surface area contributed by atoms with E-state index in [2.05, 4.69) is 5.32 Å². The second-order valence-electron chi connectivity index (χ2n) is 6.28. The molecule has 8 heteroatoms. The van der Waals surface area contributed by atoms with Crippen LogP contribution in [0.1, 0.15) is 12.8 Å². The molecule has 1 aromatic rings. The lowest BCUT2D eigenvalue weighted by Crippen LogP contribution is -2.31. The van der Waals surface area contributed by atoms with Crippen molar-refractivity contribution in [2.75, 3.05) is 50.1 Å². The maximum Gasteiger partial charge on any atom is 0.337 e. The minimum atomic E-state index is -0.629. The van der Waals surface area contributed by atoms with Crippen molar-refractivity contribution in [2.45, 2.75) is 12.8 Å². The van der Waals surface area contributed by atoms with Gasteiger partial charge >= 0.3 is 5.97 Å². The maximum atomic E-state index is 14.5. The van der Waals surface area contributed by atoms with Gasteiger partial charge in [0.15, 0.2) is 0 Å². The quantitative estimate of drug-likeness (QED) is 0.737. The SMILES string of the molecule is COC(=O)C1=C(Nc2ccc(N3CCCC3)c(F)c2)C(=O)N(CCO)C1. The number of anilines is 2. The fourth-order valence-corrected chi connectivity index (χ4v) is 3.29. The van der Waals surface area contributed by atoms with Crippen LogP contribution < -0.4 is 10.2 Å². The number of carbonyl (C=O) groups excluding carboxylic acids is 2. The molecule has 0 radical (unpaired) electrons. The number of hydrogen-bond acceptors (Lipinski definition) is 6. The number of rotatable bonds is 6. The van der Waals surface area contributed by atoms with Crippen LogP contribution in [0.2, 0.25) is 0 Å². The first kappa shape index (κ1) is 18.2. The Bertz CT molecular complexity index is 744. The number of aliphatic hydroxyl groups is 1. The van der Waals surface area contributed by atoms with Crippen LogP contribution in [0.15, 0.2) is 29.5 Å². The number of benzene rings is 1. The average Bonchev–Trinajstić information content (AvgIpc) is 3.26.